The first-order chi connectivity index (χ1) is 28.7. The van der Waals surface area contributed by atoms with Crippen LogP contribution in [0.3, 0.4) is 0 Å². The maximum absolute atomic E-state index is 13.8. The van der Waals surface area contributed by atoms with Gasteiger partial charge in [-0.3, -0.25) is 4.79 Å². The van der Waals surface area contributed by atoms with Crippen LogP contribution in [0.25, 0.3) is 11.1 Å². The minimum Gasteiger partial charge on any atom is -0.748 e. The van der Waals surface area contributed by atoms with E-state index in [1.165, 1.54) is 5.56 Å². The van der Waals surface area contributed by atoms with Gasteiger partial charge in [0.25, 0.3) is 5.91 Å². The van der Waals surface area contributed by atoms with E-state index < -0.39 is 32.0 Å². The van der Waals surface area contributed by atoms with Gasteiger partial charge in [-0.05, 0) is 102 Å². The van der Waals surface area contributed by atoms with Crippen molar-refractivity contribution in [2.45, 2.75) is 69.8 Å². The van der Waals surface area contributed by atoms with Crippen molar-refractivity contribution < 1.29 is 108 Å². The van der Waals surface area contributed by atoms with E-state index in [1.807, 2.05) is 71.6 Å². The van der Waals surface area contributed by atoms with E-state index in [2.05, 4.69) is 37.6 Å². The molecule has 0 N–H and O–H groups in total. The van der Waals surface area contributed by atoms with E-state index in [1.54, 1.807) is 20.3 Å². The fraction of sp³-hybridized carbons (Fsp3) is 0.333. The SMILES string of the molecule is COc1ccc(C2=CN3Cc4cc(C)c(OCCCOc5cc6c(cc5OC)C(=O)N5C=C(c7ccc(C)cc7)C[C@H]5[CH-]C6)cc4CC(S(=O)(=O)[O-])[C@@H]3C2)cc1.O=S(=O)=O.[Na+].[Na+]. The molecule has 4 aliphatic rings. The van der Waals surface area contributed by atoms with Gasteiger partial charge in [-0.2, -0.15) is 6.42 Å². The summed E-state index contributed by atoms with van der Waals surface area (Å²) in [5.74, 6) is 2.41. The van der Waals surface area contributed by atoms with Gasteiger partial charge in [-0.1, -0.05) is 59.6 Å². The number of nitrogens with zero attached hydrogens (tertiary/aromatic N) is 2. The molecule has 4 aliphatic heterocycles. The predicted octanol–water partition coefficient (Wildman–Crippen LogP) is 0.274. The van der Waals surface area contributed by atoms with Gasteiger partial charge < -0.3 is 39.7 Å². The van der Waals surface area contributed by atoms with Gasteiger partial charge in [-0.15, -0.1) is 12.6 Å². The first-order valence-corrected chi connectivity index (χ1v) is 22.0. The summed E-state index contributed by atoms with van der Waals surface area (Å²) in [7, 11) is -4.53. The zero-order valence-electron chi connectivity index (χ0n) is 35.8. The normalized spacial score (nSPS) is 18.6. The third-order valence-electron chi connectivity index (χ3n) is 11.5. The van der Waals surface area contributed by atoms with Gasteiger partial charge in [0.1, 0.15) is 11.5 Å². The maximum atomic E-state index is 13.8. The van der Waals surface area contributed by atoms with Gasteiger partial charge in [0, 0.05) is 37.0 Å². The molecule has 1 amide bonds. The van der Waals surface area contributed by atoms with Crippen molar-refractivity contribution in [2.24, 2.45) is 0 Å². The molecule has 0 bridgehead atoms. The summed E-state index contributed by atoms with van der Waals surface area (Å²) < 4.78 is 86.8. The Bertz CT molecular complexity index is 2560. The summed E-state index contributed by atoms with van der Waals surface area (Å²) in [6, 6.07) is 23.2. The molecule has 0 saturated heterocycles. The number of benzene rings is 4. The fourth-order valence-electron chi connectivity index (χ4n) is 8.40. The zero-order valence-corrected chi connectivity index (χ0v) is 41.4. The van der Waals surface area contributed by atoms with Crippen LogP contribution >= 0.6 is 0 Å². The quantitative estimate of drug-likeness (QED) is 0.0875. The van der Waals surface area contributed by atoms with Crippen molar-refractivity contribution in [1.29, 1.82) is 0 Å². The smallest absolute Gasteiger partial charge is 0.748 e. The van der Waals surface area contributed by atoms with Crippen LogP contribution in [-0.2, 0) is 40.1 Å². The molecule has 17 heteroatoms. The standard InChI is InChI=1S/C45H47N2O8S.2Na.O3S/c1-28-6-8-30(9-7-28)35-19-37-13-10-32-21-43(42(53-4)24-39(32)45(48)47(37)27-35)55-17-5-16-54-41-22-33-23-44(56(49,50)51)40-20-36(31-11-14-38(52-3)15-12-31)26-46(40)25-34(33)18-29(41)2;;;1-4(2)3/h6-9,11-15,18,21-22,24,26-27,37,40,44H,5,10,16-17,19-20,23,25H2,1-4H3,(H,49,50,51);;;/q-1;2*+1;/p-1/t37-,40+,44?;;;/m1.../s1. The Labute approximate surface area is 408 Å². The molecule has 8 rings (SSSR count). The number of rotatable bonds is 11. The van der Waals surface area contributed by atoms with E-state index in [9.17, 15) is 17.8 Å². The van der Waals surface area contributed by atoms with Gasteiger partial charge in [0.15, 0.2) is 11.5 Å². The molecule has 0 fully saturated rings. The topological polar surface area (TPSA) is 169 Å². The second-order valence-corrected chi connectivity index (χ2v) is 17.3. The number of hydrogen-bond acceptors (Lipinski definition) is 12. The van der Waals surface area contributed by atoms with Crippen molar-refractivity contribution in [3.63, 3.8) is 0 Å². The first kappa shape index (κ1) is 49.4. The Morgan fingerprint density at radius 1 is 0.758 bits per heavy atom. The van der Waals surface area contributed by atoms with Crippen LogP contribution in [-0.4, -0.2) is 86.1 Å². The number of amides is 1. The Kier molecular flexibility index (Phi) is 17.0. The Morgan fingerprint density at radius 3 is 2.00 bits per heavy atom. The molecule has 4 aromatic rings. The molecule has 3 atom stereocenters. The minimum atomic E-state index is -4.61. The van der Waals surface area contributed by atoms with E-state index in [0.717, 1.165) is 56.7 Å². The first-order valence-electron chi connectivity index (χ1n) is 19.6. The number of carbonyl (C=O) groups is 1. The van der Waals surface area contributed by atoms with Crippen molar-refractivity contribution in [3.05, 3.63) is 136 Å². The van der Waals surface area contributed by atoms with Gasteiger partial charge >= 0.3 is 69.7 Å². The molecule has 1 unspecified atom stereocenters. The van der Waals surface area contributed by atoms with Crippen LogP contribution in [0.15, 0.2) is 85.2 Å². The Morgan fingerprint density at radius 2 is 1.37 bits per heavy atom. The summed E-state index contributed by atoms with van der Waals surface area (Å²) in [6.45, 7) is 5.25. The van der Waals surface area contributed by atoms with Gasteiger partial charge in [0.05, 0.1) is 42.8 Å². The number of hydrogen-bond donors (Lipinski definition) is 0. The molecule has 0 aromatic heterocycles. The van der Waals surface area contributed by atoms with Crippen LogP contribution in [0.5, 0.6) is 23.0 Å². The molecule has 0 saturated carbocycles. The Hall–Kier alpha value is -3.64. The minimum absolute atomic E-state index is 0. The zero-order chi connectivity index (χ0) is 42.7. The monoisotopic (exact) mass is 900 g/mol. The van der Waals surface area contributed by atoms with Crippen LogP contribution in [0.4, 0.5) is 0 Å². The largest absolute Gasteiger partial charge is 1.00 e. The van der Waals surface area contributed by atoms with E-state index >= 15 is 0 Å². The summed E-state index contributed by atoms with van der Waals surface area (Å²) >= 11 is 0. The second-order valence-electron chi connectivity index (χ2n) is 15.3. The average molecular weight is 901 g/mol. The molecule has 62 heavy (non-hydrogen) atoms. The van der Waals surface area contributed by atoms with Crippen molar-refractivity contribution >= 4 is 37.8 Å². The number of ether oxygens (including phenoxy) is 4. The average Bonchev–Trinajstić information content (AvgIpc) is 3.77. The summed E-state index contributed by atoms with van der Waals surface area (Å²) in [5.41, 5.74) is 9.68. The second kappa shape index (κ2) is 21.4. The predicted molar refractivity (Wildman–Crippen MR) is 223 cm³/mol. The molecule has 0 radical (unpaired) electrons. The summed E-state index contributed by atoms with van der Waals surface area (Å²) in [4.78, 5) is 17.6. The van der Waals surface area contributed by atoms with E-state index in [-0.39, 0.29) is 77.5 Å². The van der Waals surface area contributed by atoms with Crippen molar-refractivity contribution in [2.75, 3.05) is 27.4 Å². The van der Waals surface area contributed by atoms with Crippen LogP contribution in [0.2, 0.25) is 0 Å². The number of aryl methyl sites for hydroxylation is 2. The number of methoxy groups -OCH3 is 2. The van der Waals surface area contributed by atoms with E-state index in [0.29, 0.717) is 61.8 Å². The van der Waals surface area contributed by atoms with Gasteiger partial charge in [0.2, 0.25) is 0 Å². The van der Waals surface area contributed by atoms with Crippen molar-refractivity contribution in [3.8, 4) is 23.0 Å². The van der Waals surface area contributed by atoms with Crippen molar-refractivity contribution in [1.82, 2.24) is 9.80 Å². The van der Waals surface area contributed by atoms with E-state index in [4.69, 9.17) is 31.6 Å². The molecule has 4 heterocycles. The summed E-state index contributed by atoms with van der Waals surface area (Å²) in [6.07, 6.45) is 8.73. The molecular formula is C45H46N2Na2O11S2. The maximum Gasteiger partial charge on any atom is 1.00 e. The van der Waals surface area contributed by atoms with Crippen LogP contribution in [0.1, 0.15) is 68.6 Å². The van der Waals surface area contributed by atoms with Crippen LogP contribution in [0, 0.1) is 20.3 Å². The molecular weight excluding hydrogens is 855 g/mol. The van der Waals surface area contributed by atoms with Crippen LogP contribution < -0.4 is 78.1 Å². The fourth-order valence-corrected chi connectivity index (χ4v) is 9.42. The molecule has 13 nitrogen and oxygen atoms in total. The Balaban J connectivity index is 0.00000116. The molecule has 0 spiro atoms. The van der Waals surface area contributed by atoms with Gasteiger partial charge in [-0.25, -0.2) is 8.42 Å². The third-order valence-corrected chi connectivity index (χ3v) is 12.7. The molecule has 0 aliphatic carbocycles. The number of fused-ring (bicyclic) bond motifs is 4. The summed E-state index contributed by atoms with van der Waals surface area (Å²) in [5, 5.41) is -1.10. The number of carbonyl (C=O) groups excluding carboxylic acids is 1. The molecule has 316 valence electrons. The third kappa shape index (κ3) is 11.4. The molecule has 4 aromatic carbocycles.